The lowest BCUT2D eigenvalue weighted by Gasteiger charge is -2.21. The predicted molar refractivity (Wildman–Crippen MR) is 61.8 cm³/mol. The summed E-state index contributed by atoms with van der Waals surface area (Å²) in [6.45, 7) is 1.85. The Bertz CT molecular complexity index is 276. The number of aliphatic hydroxyl groups excluding tert-OH is 1. The molecule has 6 nitrogen and oxygen atoms in total. The van der Waals surface area contributed by atoms with Crippen molar-refractivity contribution in [2.75, 3.05) is 20.3 Å². The number of hydrogen-bond donors (Lipinski definition) is 1. The first-order chi connectivity index (χ1) is 8.00. The monoisotopic (exact) mass is 264 g/mol. The summed E-state index contributed by atoms with van der Waals surface area (Å²) in [5.74, 6) is 0. The van der Waals surface area contributed by atoms with E-state index in [0.717, 1.165) is 0 Å². The van der Waals surface area contributed by atoms with E-state index in [1.807, 2.05) is 0 Å². The first-order valence-corrected chi connectivity index (χ1v) is 6.97. The van der Waals surface area contributed by atoms with Crippen LogP contribution in [0.3, 0.4) is 0 Å². The second kappa shape index (κ2) is 6.88. The molecule has 4 unspecified atom stereocenters. The molecule has 0 bridgehead atoms. The van der Waals surface area contributed by atoms with Crippen LogP contribution in [0, 0.1) is 0 Å². The van der Waals surface area contributed by atoms with Gasteiger partial charge in [0.05, 0.1) is 18.8 Å². The SMILES string of the molecule is [B]C1CC(OP(=O)(OC)OCCCO)C(C)O1. The molecule has 1 aliphatic rings. The lowest BCUT2D eigenvalue weighted by Crippen LogP contribution is -2.21. The van der Waals surface area contributed by atoms with Crippen molar-refractivity contribution in [1.82, 2.24) is 0 Å². The van der Waals surface area contributed by atoms with E-state index in [2.05, 4.69) is 0 Å². The fourth-order valence-electron chi connectivity index (χ4n) is 1.50. The lowest BCUT2D eigenvalue weighted by atomic mass is 9.96. The molecule has 0 aromatic rings. The second-order valence-electron chi connectivity index (χ2n) is 3.80. The standard InChI is InChI=1S/C9H18BO6P/c1-7-8(6-9(10)15-7)16-17(12,13-2)14-5-3-4-11/h7-9,11H,3-6H2,1-2H3. The third-order valence-electron chi connectivity index (χ3n) is 2.42. The van der Waals surface area contributed by atoms with Gasteiger partial charge >= 0.3 is 7.82 Å². The average molecular weight is 264 g/mol. The summed E-state index contributed by atoms with van der Waals surface area (Å²) in [6, 6.07) is -0.419. The van der Waals surface area contributed by atoms with E-state index in [-0.39, 0.29) is 19.3 Å². The van der Waals surface area contributed by atoms with Crippen LogP contribution < -0.4 is 0 Å². The highest BCUT2D eigenvalue weighted by molar-refractivity contribution is 7.48. The minimum atomic E-state index is -3.59. The van der Waals surface area contributed by atoms with Crippen molar-refractivity contribution in [3.63, 3.8) is 0 Å². The number of ether oxygens (including phenoxy) is 1. The van der Waals surface area contributed by atoms with E-state index in [4.69, 9.17) is 31.3 Å². The first-order valence-electron chi connectivity index (χ1n) is 5.51. The Kier molecular flexibility index (Phi) is 6.13. The normalized spacial score (nSPS) is 32.5. The Hall–Kier alpha value is 0.0949. The first kappa shape index (κ1) is 15.2. The molecule has 1 rings (SSSR count). The minimum Gasteiger partial charge on any atom is -0.396 e. The van der Waals surface area contributed by atoms with Gasteiger partial charge in [-0.2, -0.15) is 0 Å². The summed E-state index contributed by atoms with van der Waals surface area (Å²) >= 11 is 0. The van der Waals surface area contributed by atoms with Gasteiger partial charge in [-0.15, -0.1) is 0 Å². The van der Waals surface area contributed by atoms with Crippen LogP contribution in [0.25, 0.3) is 0 Å². The molecule has 1 heterocycles. The number of aliphatic hydroxyl groups is 1. The van der Waals surface area contributed by atoms with Crippen LogP contribution in [-0.4, -0.2) is 51.5 Å². The van der Waals surface area contributed by atoms with Crippen molar-refractivity contribution in [3.8, 4) is 0 Å². The maximum absolute atomic E-state index is 12.0. The largest absolute Gasteiger partial charge is 0.474 e. The summed E-state index contributed by atoms with van der Waals surface area (Å²) in [4.78, 5) is 0. The fourth-order valence-corrected chi connectivity index (χ4v) is 2.70. The van der Waals surface area contributed by atoms with Crippen molar-refractivity contribution in [3.05, 3.63) is 0 Å². The number of phosphoric acid groups is 1. The van der Waals surface area contributed by atoms with Crippen LogP contribution in [0.15, 0.2) is 0 Å². The Morgan fingerprint density at radius 3 is 2.76 bits per heavy atom. The zero-order valence-corrected chi connectivity index (χ0v) is 11.0. The summed E-state index contributed by atoms with van der Waals surface area (Å²) in [5, 5.41) is 8.61. The molecular weight excluding hydrogens is 246 g/mol. The van der Waals surface area contributed by atoms with Gasteiger partial charge in [0.1, 0.15) is 7.85 Å². The zero-order valence-electron chi connectivity index (χ0n) is 10.1. The maximum Gasteiger partial charge on any atom is 0.474 e. The molecule has 98 valence electrons. The molecule has 1 N–H and O–H groups in total. The second-order valence-corrected chi connectivity index (χ2v) is 5.53. The van der Waals surface area contributed by atoms with E-state index in [9.17, 15) is 4.57 Å². The average Bonchev–Trinajstić information content (AvgIpc) is 2.58. The molecule has 1 saturated heterocycles. The molecular formula is C9H18BO6P. The maximum atomic E-state index is 12.0. The van der Waals surface area contributed by atoms with E-state index < -0.39 is 19.9 Å². The quantitative estimate of drug-likeness (QED) is 0.417. The van der Waals surface area contributed by atoms with Gasteiger partial charge in [-0.1, -0.05) is 0 Å². The van der Waals surface area contributed by atoms with E-state index in [1.165, 1.54) is 7.11 Å². The van der Waals surface area contributed by atoms with Gasteiger partial charge < -0.3 is 9.84 Å². The van der Waals surface area contributed by atoms with Crippen molar-refractivity contribution < 1.29 is 28.0 Å². The molecule has 1 aliphatic heterocycles. The molecule has 0 aromatic carbocycles. The zero-order chi connectivity index (χ0) is 12.9. The van der Waals surface area contributed by atoms with E-state index in [1.54, 1.807) is 6.92 Å². The number of hydrogen-bond acceptors (Lipinski definition) is 6. The molecule has 4 atom stereocenters. The third kappa shape index (κ3) is 4.70. The Balaban J connectivity index is 2.47. The smallest absolute Gasteiger partial charge is 0.396 e. The van der Waals surface area contributed by atoms with Crippen molar-refractivity contribution >= 4 is 15.7 Å². The highest BCUT2D eigenvalue weighted by Gasteiger charge is 2.37. The fraction of sp³-hybridized carbons (Fsp3) is 1.00. The van der Waals surface area contributed by atoms with Crippen LogP contribution in [0.5, 0.6) is 0 Å². The van der Waals surface area contributed by atoms with Gasteiger partial charge in [-0.05, 0) is 19.8 Å². The van der Waals surface area contributed by atoms with E-state index in [0.29, 0.717) is 12.8 Å². The Morgan fingerprint density at radius 1 is 1.59 bits per heavy atom. The Morgan fingerprint density at radius 2 is 2.29 bits per heavy atom. The van der Waals surface area contributed by atoms with Crippen LogP contribution in [0.4, 0.5) is 0 Å². The summed E-state index contributed by atoms with van der Waals surface area (Å²) in [5.41, 5.74) is 0. The minimum absolute atomic E-state index is 0.0441. The molecule has 17 heavy (non-hydrogen) atoms. The molecule has 0 aromatic heterocycles. The summed E-state index contributed by atoms with van der Waals surface area (Å²) in [6.07, 6.45) is 0.144. The molecule has 1 fully saturated rings. The highest BCUT2D eigenvalue weighted by atomic mass is 31.2. The molecule has 0 amide bonds. The summed E-state index contributed by atoms with van der Waals surface area (Å²) < 4.78 is 32.4. The molecule has 2 radical (unpaired) electrons. The molecule has 0 aliphatic carbocycles. The van der Waals surface area contributed by atoms with Gasteiger partial charge in [0.2, 0.25) is 0 Å². The number of phosphoric ester groups is 1. The van der Waals surface area contributed by atoms with Crippen molar-refractivity contribution in [2.24, 2.45) is 0 Å². The van der Waals surface area contributed by atoms with Gasteiger partial charge in [0, 0.05) is 19.7 Å². The highest BCUT2D eigenvalue weighted by Crippen LogP contribution is 2.51. The molecule has 0 spiro atoms. The van der Waals surface area contributed by atoms with Gasteiger partial charge in [-0.3, -0.25) is 13.6 Å². The summed E-state index contributed by atoms with van der Waals surface area (Å²) in [7, 11) is 3.25. The van der Waals surface area contributed by atoms with Gasteiger partial charge in [0.25, 0.3) is 0 Å². The lowest BCUT2D eigenvalue weighted by molar-refractivity contribution is 0.0300. The van der Waals surface area contributed by atoms with Gasteiger partial charge in [0.15, 0.2) is 0 Å². The Labute approximate surface area is 103 Å². The van der Waals surface area contributed by atoms with Crippen molar-refractivity contribution in [2.45, 2.75) is 38.0 Å². The van der Waals surface area contributed by atoms with Crippen LogP contribution in [0.1, 0.15) is 19.8 Å². The van der Waals surface area contributed by atoms with Gasteiger partial charge in [-0.25, -0.2) is 4.57 Å². The van der Waals surface area contributed by atoms with Crippen LogP contribution in [-0.2, 0) is 22.9 Å². The topological polar surface area (TPSA) is 74.2 Å². The van der Waals surface area contributed by atoms with Crippen LogP contribution >= 0.6 is 7.82 Å². The predicted octanol–water partition coefficient (Wildman–Crippen LogP) is 0.829. The van der Waals surface area contributed by atoms with Crippen LogP contribution in [0.2, 0.25) is 0 Å². The third-order valence-corrected chi connectivity index (χ3v) is 3.89. The van der Waals surface area contributed by atoms with E-state index >= 15 is 0 Å². The van der Waals surface area contributed by atoms with Crippen molar-refractivity contribution in [1.29, 1.82) is 0 Å². The number of rotatable bonds is 7. The molecule has 0 saturated carbocycles. The molecule has 8 heteroatoms.